The third-order valence-electron chi connectivity index (χ3n) is 3.50. The number of hydrogen-bond acceptors (Lipinski definition) is 4. The lowest BCUT2D eigenvalue weighted by Gasteiger charge is -2.15. The second-order valence-electron chi connectivity index (χ2n) is 5.24. The Hall–Kier alpha value is -1.24. The first kappa shape index (κ1) is 14.7. The number of carbonyl (C=O) groups is 1. The molecule has 3 N–H and O–H groups in total. The summed E-state index contributed by atoms with van der Waals surface area (Å²) < 4.78 is 1.01. The van der Waals surface area contributed by atoms with Crippen LogP contribution in [0.25, 0.3) is 0 Å². The van der Waals surface area contributed by atoms with Gasteiger partial charge in [0, 0.05) is 15.4 Å². The highest BCUT2D eigenvalue weighted by atomic mass is 79.9. The Kier molecular flexibility index (Phi) is 4.37. The highest BCUT2D eigenvalue weighted by Gasteiger charge is 2.20. The van der Waals surface area contributed by atoms with Gasteiger partial charge in [-0.25, -0.2) is 4.98 Å². The van der Waals surface area contributed by atoms with Crippen molar-refractivity contribution in [3.8, 4) is 0 Å². The Morgan fingerprint density at radius 3 is 2.95 bits per heavy atom. The molecular weight excluding hydrogens is 350 g/mol. The molecule has 0 spiro atoms. The number of carbonyl (C=O) groups excluding carboxylic acids is 1. The van der Waals surface area contributed by atoms with Gasteiger partial charge in [0.15, 0.2) is 5.13 Å². The smallest absolute Gasteiger partial charge is 0.230 e. The van der Waals surface area contributed by atoms with Gasteiger partial charge >= 0.3 is 0 Å². The monoisotopic (exact) mass is 365 g/mol. The molecule has 1 aliphatic rings. The van der Waals surface area contributed by atoms with Gasteiger partial charge in [-0.15, -0.1) is 11.3 Å². The van der Waals surface area contributed by atoms with Crippen molar-refractivity contribution in [2.45, 2.75) is 31.7 Å². The molecule has 6 heteroatoms. The molecule has 1 amide bonds. The number of nitrogens with one attached hydrogen (secondary N) is 1. The molecule has 0 aliphatic heterocycles. The summed E-state index contributed by atoms with van der Waals surface area (Å²) in [4.78, 5) is 17.8. The van der Waals surface area contributed by atoms with Crippen LogP contribution in [0, 0.1) is 0 Å². The third kappa shape index (κ3) is 3.70. The molecule has 1 aromatic carbocycles. The number of amides is 1. The van der Waals surface area contributed by atoms with Gasteiger partial charge in [-0.05, 0) is 37.0 Å². The highest BCUT2D eigenvalue weighted by molar-refractivity contribution is 9.10. The molecule has 1 atom stereocenters. The lowest BCUT2D eigenvalue weighted by Crippen LogP contribution is -2.27. The van der Waals surface area contributed by atoms with Crippen LogP contribution in [0.3, 0.4) is 0 Å². The Morgan fingerprint density at radius 2 is 2.19 bits per heavy atom. The van der Waals surface area contributed by atoms with Crippen LogP contribution in [-0.2, 0) is 24.1 Å². The molecule has 0 unspecified atom stereocenters. The van der Waals surface area contributed by atoms with E-state index in [9.17, 15) is 4.79 Å². The first-order chi connectivity index (χ1) is 10.1. The van der Waals surface area contributed by atoms with Crippen LogP contribution in [-0.4, -0.2) is 16.9 Å². The summed E-state index contributed by atoms with van der Waals surface area (Å²) in [7, 11) is 0. The summed E-state index contributed by atoms with van der Waals surface area (Å²) in [5.41, 5.74) is 8.05. The number of thiazole rings is 1. The molecule has 0 fully saturated rings. The fraction of sp³-hybridized carbons (Fsp3) is 0.333. The van der Waals surface area contributed by atoms with Gasteiger partial charge in [0.25, 0.3) is 0 Å². The average Bonchev–Trinajstić information content (AvgIpc) is 2.82. The number of nitrogens with two attached hydrogens (primary N) is 1. The van der Waals surface area contributed by atoms with E-state index in [1.165, 1.54) is 4.88 Å². The predicted octanol–water partition coefficient (Wildman–Crippen LogP) is 2.90. The Bertz CT molecular complexity index is 653. The second-order valence-corrected chi connectivity index (χ2v) is 7.24. The Labute approximate surface area is 135 Å². The number of fused-ring (bicyclic) bond motifs is 1. The van der Waals surface area contributed by atoms with Crippen molar-refractivity contribution in [1.82, 2.24) is 4.98 Å². The Morgan fingerprint density at radius 1 is 1.43 bits per heavy atom. The molecule has 0 bridgehead atoms. The van der Waals surface area contributed by atoms with Crippen molar-refractivity contribution in [2.75, 3.05) is 5.32 Å². The number of anilines is 1. The summed E-state index contributed by atoms with van der Waals surface area (Å²) in [5.74, 6) is -0.0345. The molecule has 3 rings (SSSR count). The number of rotatable bonds is 3. The van der Waals surface area contributed by atoms with Crippen LogP contribution >= 0.6 is 27.3 Å². The number of aryl methyl sites for hydroxylation is 1. The van der Waals surface area contributed by atoms with Crippen LogP contribution in [0.4, 0.5) is 5.13 Å². The molecule has 21 heavy (non-hydrogen) atoms. The van der Waals surface area contributed by atoms with Crippen LogP contribution in [0.1, 0.15) is 22.6 Å². The van der Waals surface area contributed by atoms with Gasteiger partial charge in [-0.1, -0.05) is 28.1 Å². The average molecular weight is 366 g/mol. The summed E-state index contributed by atoms with van der Waals surface area (Å²) in [6, 6.07) is 7.98. The molecular formula is C15H16BrN3OS. The van der Waals surface area contributed by atoms with Crippen molar-refractivity contribution >= 4 is 38.3 Å². The first-order valence-electron chi connectivity index (χ1n) is 6.88. The molecule has 0 radical (unpaired) electrons. The molecule has 0 saturated heterocycles. The number of hydrogen-bond donors (Lipinski definition) is 2. The minimum Gasteiger partial charge on any atom is -0.327 e. The van der Waals surface area contributed by atoms with E-state index in [0.717, 1.165) is 35.0 Å². The highest BCUT2D eigenvalue weighted by Crippen LogP contribution is 2.29. The first-order valence-corrected chi connectivity index (χ1v) is 8.49. The van der Waals surface area contributed by atoms with E-state index in [1.807, 2.05) is 24.3 Å². The summed E-state index contributed by atoms with van der Waals surface area (Å²) in [5, 5.41) is 3.58. The second kappa shape index (κ2) is 6.25. The number of nitrogens with zero attached hydrogens (tertiary/aromatic N) is 1. The van der Waals surface area contributed by atoms with E-state index in [1.54, 1.807) is 11.3 Å². The van der Waals surface area contributed by atoms with E-state index in [4.69, 9.17) is 5.73 Å². The molecule has 4 nitrogen and oxygen atoms in total. The molecule has 0 saturated carbocycles. The quantitative estimate of drug-likeness (QED) is 0.878. The molecule has 1 aliphatic carbocycles. The van der Waals surface area contributed by atoms with E-state index in [2.05, 4.69) is 26.2 Å². The van der Waals surface area contributed by atoms with Crippen molar-refractivity contribution in [3.05, 3.63) is 44.9 Å². The zero-order chi connectivity index (χ0) is 14.8. The van der Waals surface area contributed by atoms with Gasteiger partial charge < -0.3 is 11.1 Å². The maximum atomic E-state index is 12.1. The zero-order valence-electron chi connectivity index (χ0n) is 11.4. The fourth-order valence-corrected chi connectivity index (χ4v) is 3.79. The Balaban J connectivity index is 1.64. The van der Waals surface area contributed by atoms with Gasteiger partial charge in [0.1, 0.15) is 0 Å². The van der Waals surface area contributed by atoms with Crippen LogP contribution in [0.2, 0.25) is 0 Å². The zero-order valence-corrected chi connectivity index (χ0v) is 13.8. The topological polar surface area (TPSA) is 68.0 Å². The van der Waals surface area contributed by atoms with Crippen LogP contribution in [0.5, 0.6) is 0 Å². The molecule has 2 aromatic rings. The maximum absolute atomic E-state index is 12.1. The molecule has 110 valence electrons. The van der Waals surface area contributed by atoms with Crippen molar-refractivity contribution in [3.63, 3.8) is 0 Å². The minimum absolute atomic E-state index is 0.0345. The van der Waals surface area contributed by atoms with Crippen molar-refractivity contribution < 1.29 is 4.79 Å². The van der Waals surface area contributed by atoms with Crippen LogP contribution < -0.4 is 11.1 Å². The predicted molar refractivity (Wildman–Crippen MR) is 88.6 cm³/mol. The van der Waals surface area contributed by atoms with Crippen molar-refractivity contribution in [1.29, 1.82) is 0 Å². The fourth-order valence-electron chi connectivity index (χ4n) is 2.41. The SMILES string of the molecule is N[C@H]1CCc2nc(NC(=O)Cc3ccc(Br)cc3)sc2C1. The van der Waals surface area contributed by atoms with Gasteiger partial charge in [-0.3, -0.25) is 4.79 Å². The number of halogens is 1. The van der Waals surface area contributed by atoms with Gasteiger partial charge in [0.2, 0.25) is 5.91 Å². The normalized spacial score (nSPS) is 17.3. The van der Waals surface area contributed by atoms with Crippen LogP contribution in [0.15, 0.2) is 28.7 Å². The van der Waals surface area contributed by atoms with E-state index in [-0.39, 0.29) is 11.9 Å². The van der Waals surface area contributed by atoms with Gasteiger partial charge in [0.05, 0.1) is 12.1 Å². The molecule has 1 aromatic heterocycles. The van der Waals surface area contributed by atoms with Gasteiger partial charge in [-0.2, -0.15) is 0 Å². The summed E-state index contributed by atoms with van der Waals surface area (Å²) in [6.45, 7) is 0. The third-order valence-corrected chi connectivity index (χ3v) is 5.07. The summed E-state index contributed by atoms with van der Waals surface area (Å²) in [6.07, 6.45) is 3.12. The van der Waals surface area contributed by atoms with E-state index >= 15 is 0 Å². The van der Waals surface area contributed by atoms with E-state index < -0.39 is 0 Å². The number of aromatic nitrogens is 1. The maximum Gasteiger partial charge on any atom is 0.230 e. The molecule has 1 heterocycles. The summed E-state index contributed by atoms with van der Waals surface area (Å²) >= 11 is 4.93. The lowest BCUT2D eigenvalue weighted by atomic mass is 9.99. The largest absolute Gasteiger partial charge is 0.327 e. The van der Waals surface area contributed by atoms with Crippen molar-refractivity contribution in [2.24, 2.45) is 5.73 Å². The standard InChI is InChI=1S/C15H16BrN3OS/c16-10-3-1-9(2-4-10)7-14(20)19-15-18-12-6-5-11(17)8-13(12)21-15/h1-4,11H,5-8,17H2,(H,18,19,20)/t11-/m0/s1. The lowest BCUT2D eigenvalue weighted by molar-refractivity contribution is -0.115. The number of benzene rings is 1. The van der Waals surface area contributed by atoms with E-state index in [0.29, 0.717) is 11.6 Å². The minimum atomic E-state index is -0.0345.